The summed E-state index contributed by atoms with van der Waals surface area (Å²) < 4.78 is 7.45. The molecule has 1 heterocycles. The lowest BCUT2D eigenvalue weighted by atomic mass is 9.92. The van der Waals surface area contributed by atoms with Gasteiger partial charge in [0.1, 0.15) is 5.75 Å². The summed E-state index contributed by atoms with van der Waals surface area (Å²) in [5.74, 6) is 0.204. The van der Waals surface area contributed by atoms with Gasteiger partial charge in [0, 0.05) is 4.92 Å². The van der Waals surface area contributed by atoms with Crippen LogP contribution in [0.3, 0.4) is 0 Å². The van der Waals surface area contributed by atoms with E-state index in [1.165, 1.54) is 4.58 Å². The van der Waals surface area contributed by atoms with Gasteiger partial charge in [-0.15, -0.1) is 0 Å². The molecule has 31 heavy (non-hydrogen) atoms. The standard InChI is InChI=1S/C20H17N4O7/c1-12(2)21-11-16-15-6-4-3-5-13(15)7-8-17(16)31-20(21)18(23(27)28)9-14(22(25)26)10-19(20)24(29)30/h3-12,14H,1-2H3/q+1. The van der Waals surface area contributed by atoms with Crippen LogP contribution in [0.15, 0.2) is 59.9 Å². The molecule has 0 N–H and O–H groups in total. The molecule has 0 amide bonds. The Morgan fingerprint density at radius 1 is 0.968 bits per heavy atom. The molecule has 0 radical (unpaired) electrons. The second kappa shape index (κ2) is 6.97. The number of nitrogens with zero attached hydrogens (tertiary/aromatic N) is 4. The van der Waals surface area contributed by atoms with Gasteiger partial charge in [-0.2, -0.15) is 4.58 Å². The SMILES string of the molecule is CC(C)[N+]1=Cc2c(ccc3ccccc23)OC12C([N+](=O)[O-])=CC([N+](=O)[O-])C=C2[N+](=O)[O-]. The van der Waals surface area contributed by atoms with Gasteiger partial charge in [-0.05, 0) is 30.7 Å². The van der Waals surface area contributed by atoms with Crippen LogP contribution < -0.4 is 4.74 Å². The van der Waals surface area contributed by atoms with E-state index in [4.69, 9.17) is 4.74 Å². The Hall–Kier alpha value is -4.15. The third-order valence-electron chi connectivity index (χ3n) is 5.36. The van der Waals surface area contributed by atoms with Gasteiger partial charge >= 0.3 is 17.1 Å². The van der Waals surface area contributed by atoms with Crippen molar-refractivity contribution < 1.29 is 24.1 Å². The Morgan fingerprint density at radius 3 is 2.13 bits per heavy atom. The third kappa shape index (κ3) is 2.93. The molecule has 2 aromatic rings. The Kier molecular flexibility index (Phi) is 4.53. The monoisotopic (exact) mass is 425 g/mol. The quantitative estimate of drug-likeness (QED) is 0.416. The summed E-state index contributed by atoms with van der Waals surface area (Å²) in [4.78, 5) is 32.8. The summed E-state index contributed by atoms with van der Waals surface area (Å²) in [5.41, 5.74) is -3.19. The summed E-state index contributed by atoms with van der Waals surface area (Å²) in [5, 5.41) is 37.0. The highest BCUT2D eigenvalue weighted by atomic mass is 16.7. The smallest absolute Gasteiger partial charge is 0.414 e. The predicted molar refractivity (Wildman–Crippen MR) is 109 cm³/mol. The number of hydrogen-bond acceptors (Lipinski definition) is 7. The van der Waals surface area contributed by atoms with E-state index in [-0.39, 0.29) is 5.75 Å². The molecule has 0 fully saturated rings. The van der Waals surface area contributed by atoms with Crippen molar-refractivity contribution in [1.82, 2.24) is 0 Å². The average molecular weight is 425 g/mol. The van der Waals surface area contributed by atoms with Crippen LogP contribution in [0.1, 0.15) is 19.4 Å². The summed E-state index contributed by atoms with van der Waals surface area (Å²) in [6.45, 7) is 3.40. The first-order chi connectivity index (χ1) is 14.7. The zero-order valence-electron chi connectivity index (χ0n) is 16.5. The van der Waals surface area contributed by atoms with Crippen LogP contribution in [0.2, 0.25) is 0 Å². The van der Waals surface area contributed by atoms with Gasteiger partial charge in [0.25, 0.3) is 6.04 Å². The lowest BCUT2D eigenvalue weighted by Crippen LogP contribution is -2.60. The van der Waals surface area contributed by atoms with Crippen LogP contribution in [0.25, 0.3) is 10.8 Å². The van der Waals surface area contributed by atoms with Crippen molar-refractivity contribution in [3.63, 3.8) is 0 Å². The second-order valence-corrected chi connectivity index (χ2v) is 7.47. The topological polar surface area (TPSA) is 142 Å². The second-order valence-electron chi connectivity index (χ2n) is 7.47. The van der Waals surface area contributed by atoms with E-state index in [0.717, 1.165) is 22.9 Å². The average Bonchev–Trinajstić information content (AvgIpc) is 2.72. The van der Waals surface area contributed by atoms with Crippen molar-refractivity contribution in [3.05, 3.63) is 95.9 Å². The van der Waals surface area contributed by atoms with E-state index in [1.54, 1.807) is 32.2 Å². The maximum Gasteiger partial charge on any atom is 0.492 e. The third-order valence-corrected chi connectivity index (χ3v) is 5.36. The van der Waals surface area contributed by atoms with Gasteiger partial charge in [-0.3, -0.25) is 30.3 Å². The van der Waals surface area contributed by atoms with Gasteiger partial charge in [0.2, 0.25) is 0 Å². The molecular formula is C20H17N4O7+. The molecule has 0 saturated heterocycles. The Bertz CT molecular complexity index is 1210. The van der Waals surface area contributed by atoms with Gasteiger partial charge in [0.05, 0.1) is 27.6 Å². The largest absolute Gasteiger partial charge is 0.492 e. The van der Waals surface area contributed by atoms with E-state index in [0.29, 0.717) is 5.56 Å². The van der Waals surface area contributed by atoms with E-state index in [9.17, 15) is 30.3 Å². The summed E-state index contributed by atoms with van der Waals surface area (Å²) >= 11 is 0. The number of rotatable bonds is 4. The number of fused-ring (bicyclic) bond motifs is 3. The van der Waals surface area contributed by atoms with Crippen molar-refractivity contribution in [2.75, 3.05) is 0 Å². The van der Waals surface area contributed by atoms with Gasteiger partial charge < -0.3 is 4.74 Å². The highest BCUT2D eigenvalue weighted by molar-refractivity contribution is 6.01. The molecule has 1 aliphatic carbocycles. The molecule has 158 valence electrons. The molecule has 1 aliphatic heterocycles. The highest BCUT2D eigenvalue weighted by Gasteiger charge is 2.70. The predicted octanol–water partition coefficient (Wildman–Crippen LogP) is 2.75. The van der Waals surface area contributed by atoms with Crippen LogP contribution in [-0.4, -0.2) is 43.4 Å². The highest BCUT2D eigenvalue weighted by Crippen LogP contribution is 2.43. The molecule has 11 nitrogen and oxygen atoms in total. The molecule has 2 aromatic carbocycles. The maximum atomic E-state index is 12.0. The first-order valence-electron chi connectivity index (χ1n) is 9.37. The molecule has 2 aliphatic rings. The van der Waals surface area contributed by atoms with Crippen molar-refractivity contribution in [3.8, 4) is 5.75 Å². The van der Waals surface area contributed by atoms with Crippen LogP contribution in [0, 0.1) is 30.3 Å². The Labute approximate surface area is 175 Å². The van der Waals surface area contributed by atoms with Crippen molar-refractivity contribution in [2.24, 2.45) is 0 Å². The molecule has 0 bridgehead atoms. The fraction of sp³-hybridized carbons (Fsp3) is 0.250. The van der Waals surface area contributed by atoms with Gasteiger partial charge in [-0.25, -0.2) is 0 Å². The first kappa shape index (κ1) is 20.1. The van der Waals surface area contributed by atoms with Crippen LogP contribution in [-0.2, 0) is 0 Å². The van der Waals surface area contributed by atoms with Crippen molar-refractivity contribution in [2.45, 2.75) is 31.7 Å². The minimum Gasteiger partial charge on any atom is -0.414 e. The van der Waals surface area contributed by atoms with E-state index in [1.807, 2.05) is 24.3 Å². The zero-order valence-corrected chi connectivity index (χ0v) is 16.5. The lowest BCUT2D eigenvalue weighted by molar-refractivity contribution is -0.698. The fourth-order valence-corrected chi connectivity index (χ4v) is 4.04. The molecule has 0 aromatic heterocycles. The maximum absolute atomic E-state index is 12.0. The van der Waals surface area contributed by atoms with Crippen molar-refractivity contribution in [1.29, 1.82) is 0 Å². The molecule has 0 unspecified atom stereocenters. The van der Waals surface area contributed by atoms with E-state index in [2.05, 4.69) is 0 Å². The number of hydrogen-bond donors (Lipinski definition) is 0. The minimum absolute atomic E-state index is 0.204. The molecule has 0 atom stereocenters. The summed E-state index contributed by atoms with van der Waals surface area (Å²) in [6, 6.07) is 8.56. The molecule has 1 spiro atoms. The molecule has 11 heteroatoms. The summed E-state index contributed by atoms with van der Waals surface area (Å²) in [6.07, 6.45) is 3.18. The Balaban J connectivity index is 2.07. The lowest BCUT2D eigenvalue weighted by Gasteiger charge is -2.32. The molecular weight excluding hydrogens is 408 g/mol. The van der Waals surface area contributed by atoms with Gasteiger partial charge in [-0.1, -0.05) is 30.3 Å². The van der Waals surface area contributed by atoms with E-state index < -0.39 is 44.0 Å². The normalized spacial score (nSPS) is 22.3. The zero-order chi connectivity index (χ0) is 22.5. The van der Waals surface area contributed by atoms with Crippen LogP contribution in [0.5, 0.6) is 5.75 Å². The fourth-order valence-electron chi connectivity index (χ4n) is 4.04. The van der Waals surface area contributed by atoms with E-state index >= 15 is 0 Å². The summed E-state index contributed by atoms with van der Waals surface area (Å²) in [7, 11) is 0. The number of ether oxygens (including phenoxy) is 1. The Morgan fingerprint density at radius 2 is 1.58 bits per heavy atom. The molecule has 4 rings (SSSR count). The van der Waals surface area contributed by atoms with Gasteiger partial charge in [0.15, 0.2) is 12.3 Å². The van der Waals surface area contributed by atoms with Crippen LogP contribution in [0.4, 0.5) is 0 Å². The molecule has 0 saturated carbocycles. The number of nitro groups is 3. The number of benzene rings is 2. The first-order valence-corrected chi connectivity index (χ1v) is 9.37. The van der Waals surface area contributed by atoms with Crippen LogP contribution >= 0.6 is 0 Å². The minimum atomic E-state index is -2.26. The van der Waals surface area contributed by atoms with Crippen molar-refractivity contribution >= 4 is 17.0 Å².